The van der Waals surface area contributed by atoms with E-state index in [-0.39, 0.29) is 17.6 Å². The van der Waals surface area contributed by atoms with E-state index < -0.39 is 0 Å². The predicted molar refractivity (Wildman–Crippen MR) is 96.9 cm³/mol. The highest BCUT2D eigenvalue weighted by atomic mass is 19.1. The number of nitrogens with zero attached hydrogens (tertiary/aromatic N) is 1. The Kier molecular flexibility index (Phi) is 4.24. The fourth-order valence-electron chi connectivity index (χ4n) is 3.70. The van der Waals surface area contributed by atoms with Crippen LogP contribution in [0.15, 0.2) is 72.8 Å². The number of benzene rings is 3. The zero-order valence-electron chi connectivity index (χ0n) is 13.9. The van der Waals surface area contributed by atoms with Gasteiger partial charge in [0.2, 0.25) is 0 Å². The normalized spacial score (nSPS) is 17.2. The van der Waals surface area contributed by atoms with Gasteiger partial charge >= 0.3 is 0 Å². The molecule has 0 aromatic heterocycles. The molecule has 1 heterocycles. The number of phenolic OH excluding ortho intramolecular Hbond substituents is 1. The van der Waals surface area contributed by atoms with Crippen molar-refractivity contribution in [2.45, 2.75) is 19.0 Å². The van der Waals surface area contributed by atoms with E-state index in [1.54, 1.807) is 12.1 Å². The highest BCUT2D eigenvalue weighted by molar-refractivity contribution is 5.43. The number of halogens is 1. The van der Waals surface area contributed by atoms with Gasteiger partial charge in [0, 0.05) is 18.7 Å². The van der Waals surface area contributed by atoms with Crippen LogP contribution in [-0.4, -0.2) is 16.6 Å². The smallest absolute Gasteiger partial charge is 0.127 e. The molecule has 126 valence electrons. The Morgan fingerprint density at radius 3 is 2.52 bits per heavy atom. The molecule has 1 aliphatic heterocycles. The zero-order valence-corrected chi connectivity index (χ0v) is 13.9. The number of rotatable bonds is 3. The van der Waals surface area contributed by atoms with E-state index in [9.17, 15) is 9.50 Å². The van der Waals surface area contributed by atoms with Crippen LogP contribution >= 0.6 is 0 Å². The molecule has 2 nitrogen and oxygen atoms in total. The van der Waals surface area contributed by atoms with Crippen LogP contribution < -0.4 is 0 Å². The van der Waals surface area contributed by atoms with Gasteiger partial charge in [0.1, 0.15) is 11.6 Å². The van der Waals surface area contributed by atoms with E-state index >= 15 is 0 Å². The van der Waals surface area contributed by atoms with Crippen LogP contribution in [0.25, 0.3) is 0 Å². The Balaban J connectivity index is 1.77. The lowest BCUT2D eigenvalue weighted by Gasteiger charge is -2.38. The van der Waals surface area contributed by atoms with E-state index in [0.717, 1.165) is 24.1 Å². The van der Waals surface area contributed by atoms with E-state index in [1.165, 1.54) is 11.6 Å². The Morgan fingerprint density at radius 1 is 0.960 bits per heavy atom. The summed E-state index contributed by atoms with van der Waals surface area (Å²) in [5.74, 6) is 0.100. The van der Waals surface area contributed by atoms with Crippen LogP contribution in [0.1, 0.15) is 28.3 Å². The predicted octanol–water partition coefficient (Wildman–Crippen LogP) is 4.68. The molecule has 0 amide bonds. The quantitative estimate of drug-likeness (QED) is 0.752. The third-order valence-electron chi connectivity index (χ3n) is 4.90. The van der Waals surface area contributed by atoms with Crippen molar-refractivity contribution in [2.24, 2.45) is 0 Å². The minimum Gasteiger partial charge on any atom is -0.508 e. The number of phenols is 1. The van der Waals surface area contributed by atoms with Gasteiger partial charge in [-0.1, -0.05) is 54.6 Å². The summed E-state index contributed by atoms with van der Waals surface area (Å²) in [5.41, 5.74) is 4.21. The third-order valence-corrected chi connectivity index (χ3v) is 4.90. The summed E-state index contributed by atoms with van der Waals surface area (Å²) in [6.45, 7) is 1.40. The van der Waals surface area contributed by atoms with E-state index in [1.807, 2.05) is 42.5 Å². The fraction of sp³-hybridized carbons (Fsp3) is 0.182. The first-order valence-electron chi connectivity index (χ1n) is 8.56. The molecule has 3 aromatic carbocycles. The molecule has 0 radical (unpaired) electrons. The summed E-state index contributed by atoms with van der Waals surface area (Å²) in [5, 5.41) is 9.99. The first-order chi connectivity index (χ1) is 12.2. The van der Waals surface area contributed by atoms with Gasteiger partial charge in [0.25, 0.3) is 0 Å². The lowest BCUT2D eigenvalue weighted by Crippen LogP contribution is -2.35. The zero-order chi connectivity index (χ0) is 17.2. The molecule has 3 aromatic rings. The van der Waals surface area contributed by atoms with Gasteiger partial charge in [-0.2, -0.15) is 0 Å². The highest BCUT2D eigenvalue weighted by Gasteiger charge is 2.29. The highest BCUT2D eigenvalue weighted by Crippen LogP contribution is 2.37. The van der Waals surface area contributed by atoms with Gasteiger partial charge in [0.05, 0.1) is 6.04 Å². The van der Waals surface area contributed by atoms with Gasteiger partial charge < -0.3 is 5.11 Å². The molecule has 0 bridgehead atoms. The minimum atomic E-state index is -0.170. The molecule has 0 saturated heterocycles. The molecule has 3 heteroatoms. The number of hydrogen-bond acceptors (Lipinski definition) is 2. The Hall–Kier alpha value is -2.65. The molecule has 1 unspecified atom stereocenters. The molecule has 1 aliphatic rings. The number of aromatic hydroxyl groups is 1. The van der Waals surface area contributed by atoms with Gasteiger partial charge in [-0.15, -0.1) is 0 Å². The molecule has 0 aliphatic carbocycles. The second kappa shape index (κ2) is 6.69. The van der Waals surface area contributed by atoms with Crippen LogP contribution in [0.4, 0.5) is 4.39 Å². The van der Waals surface area contributed by atoms with Crippen LogP contribution in [0.3, 0.4) is 0 Å². The molecule has 4 rings (SSSR count). The molecule has 0 spiro atoms. The van der Waals surface area contributed by atoms with Crippen LogP contribution in [0, 0.1) is 5.82 Å². The van der Waals surface area contributed by atoms with Gasteiger partial charge in [-0.05, 0) is 41.3 Å². The summed E-state index contributed by atoms with van der Waals surface area (Å²) in [6, 6.07) is 22.8. The van der Waals surface area contributed by atoms with Crippen molar-refractivity contribution in [3.05, 3.63) is 101 Å². The largest absolute Gasteiger partial charge is 0.508 e. The Morgan fingerprint density at radius 2 is 1.72 bits per heavy atom. The molecular formula is C22H20FNO. The van der Waals surface area contributed by atoms with Gasteiger partial charge in [-0.3, -0.25) is 4.90 Å². The first kappa shape index (κ1) is 15.9. The van der Waals surface area contributed by atoms with Crippen LogP contribution in [0.2, 0.25) is 0 Å². The van der Waals surface area contributed by atoms with E-state index in [2.05, 4.69) is 17.0 Å². The maximum Gasteiger partial charge on any atom is 0.127 e. The van der Waals surface area contributed by atoms with Crippen molar-refractivity contribution in [3.63, 3.8) is 0 Å². The summed E-state index contributed by atoms with van der Waals surface area (Å²) >= 11 is 0. The standard InChI is InChI=1S/C22H20FNO/c23-21-9-5-4-8-18(21)15-24-13-12-16-10-11-19(25)14-20(16)22(24)17-6-2-1-3-7-17/h1-11,14,22,25H,12-13,15H2. The monoisotopic (exact) mass is 333 g/mol. The third kappa shape index (κ3) is 3.15. The number of fused-ring (bicyclic) bond motifs is 1. The second-order valence-corrected chi connectivity index (χ2v) is 6.51. The minimum absolute atomic E-state index is 0.0108. The van der Waals surface area contributed by atoms with Crippen LogP contribution in [-0.2, 0) is 13.0 Å². The average Bonchev–Trinajstić information content (AvgIpc) is 2.64. The number of hydrogen-bond donors (Lipinski definition) is 1. The molecule has 1 N–H and O–H groups in total. The lowest BCUT2D eigenvalue weighted by molar-refractivity contribution is 0.201. The van der Waals surface area contributed by atoms with Crippen molar-refractivity contribution in [2.75, 3.05) is 6.54 Å². The second-order valence-electron chi connectivity index (χ2n) is 6.51. The van der Waals surface area contributed by atoms with Crippen molar-refractivity contribution in [1.29, 1.82) is 0 Å². The summed E-state index contributed by atoms with van der Waals surface area (Å²) in [7, 11) is 0. The van der Waals surface area contributed by atoms with Gasteiger partial charge in [-0.25, -0.2) is 4.39 Å². The maximum atomic E-state index is 14.2. The maximum absolute atomic E-state index is 14.2. The van der Waals surface area contributed by atoms with Crippen LogP contribution in [0.5, 0.6) is 5.75 Å². The van der Waals surface area contributed by atoms with Gasteiger partial charge in [0.15, 0.2) is 0 Å². The molecular weight excluding hydrogens is 313 g/mol. The fourth-order valence-corrected chi connectivity index (χ4v) is 3.70. The summed E-state index contributed by atoms with van der Waals surface area (Å²) in [6.07, 6.45) is 0.896. The molecule has 0 fully saturated rings. The molecule has 0 saturated carbocycles. The van der Waals surface area contributed by atoms with Crippen molar-refractivity contribution >= 4 is 0 Å². The van der Waals surface area contributed by atoms with E-state index in [4.69, 9.17) is 0 Å². The van der Waals surface area contributed by atoms with Crippen molar-refractivity contribution in [1.82, 2.24) is 4.90 Å². The topological polar surface area (TPSA) is 23.5 Å². The summed E-state index contributed by atoms with van der Waals surface area (Å²) in [4.78, 5) is 2.29. The van der Waals surface area contributed by atoms with E-state index in [0.29, 0.717) is 12.1 Å². The molecule has 25 heavy (non-hydrogen) atoms. The van der Waals surface area contributed by atoms with Crippen molar-refractivity contribution in [3.8, 4) is 5.75 Å². The SMILES string of the molecule is Oc1ccc2c(c1)C(c1ccccc1)N(Cc1ccccc1F)CC2. The Labute approximate surface area is 147 Å². The molecule has 1 atom stereocenters. The Bertz CT molecular complexity index is 878. The lowest BCUT2D eigenvalue weighted by atomic mass is 9.87. The first-order valence-corrected chi connectivity index (χ1v) is 8.56. The summed E-state index contributed by atoms with van der Waals surface area (Å²) < 4.78 is 14.2. The van der Waals surface area contributed by atoms with Crippen molar-refractivity contribution < 1.29 is 9.50 Å². The average molecular weight is 333 g/mol.